The number of hydrogen-bond donors (Lipinski definition) is 2. The van der Waals surface area contributed by atoms with E-state index < -0.39 is 10.5 Å². The number of benzene rings is 1. The average Bonchev–Trinajstić information content (AvgIpc) is 3.17. The smallest absolute Gasteiger partial charge is 0.292 e. The normalized spacial score (nSPS) is 15.6. The maximum Gasteiger partial charge on any atom is 0.292 e. The van der Waals surface area contributed by atoms with Crippen LogP contribution in [0.5, 0.6) is 0 Å². The van der Waals surface area contributed by atoms with Crippen LogP contribution in [0.4, 0.5) is 11.4 Å². The number of nitrogens with one attached hydrogen (secondary N) is 1. The minimum Gasteiger partial charge on any atom is -0.394 e. The SMILES string of the molecule is CN(C)C(=O)c1ccc([N+](=O)[O-])c(NC2(CO)CC2)c1. The van der Waals surface area contributed by atoms with Gasteiger partial charge in [-0.05, 0) is 25.0 Å². The standard InChI is InChI=1S/C13H17N3O4/c1-15(2)12(18)9-3-4-11(16(19)20)10(7-9)14-13(8-17)5-6-13/h3-4,7,14,17H,5-6,8H2,1-2H3. The molecule has 0 radical (unpaired) electrons. The molecule has 0 bridgehead atoms. The van der Waals surface area contributed by atoms with E-state index in [4.69, 9.17) is 0 Å². The predicted octanol–water partition coefficient (Wildman–Crippen LogP) is 1.23. The van der Waals surface area contributed by atoms with Crippen LogP contribution in [-0.4, -0.2) is 47.1 Å². The number of nitro groups is 1. The van der Waals surface area contributed by atoms with Gasteiger partial charge in [0.2, 0.25) is 0 Å². The number of hydrogen-bond acceptors (Lipinski definition) is 5. The minimum absolute atomic E-state index is 0.0873. The van der Waals surface area contributed by atoms with Crippen LogP contribution in [0.15, 0.2) is 18.2 Å². The molecule has 2 N–H and O–H groups in total. The number of amides is 1. The first-order valence-corrected chi connectivity index (χ1v) is 6.28. The summed E-state index contributed by atoms with van der Waals surface area (Å²) in [4.78, 5) is 23.9. The average molecular weight is 279 g/mol. The number of aliphatic hydroxyl groups excluding tert-OH is 1. The lowest BCUT2D eigenvalue weighted by Crippen LogP contribution is -2.27. The summed E-state index contributed by atoms with van der Waals surface area (Å²) in [6.07, 6.45) is 1.51. The summed E-state index contributed by atoms with van der Waals surface area (Å²) < 4.78 is 0. The van der Waals surface area contributed by atoms with Crippen molar-refractivity contribution in [3.05, 3.63) is 33.9 Å². The lowest BCUT2D eigenvalue weighted by Gasteiger charge is -2.17. The van der Waals surface area contributed by atoms with Crippen LogP contribution in [0.25, 0.3) is 0 Å². The Kier molecular flexibility index (Phi) is 3.63. The Morgan fingerprint density at radius 1 is 1.50 bits per heavy atom. The van der Waals surface area contributed by atoms with Gasteiger partial charge in [0.25, 0.3) is 11.6 Å². The second-order valence-corrected chi connectivity index (χ2v) is 5.25. The zero-order valence-corrected chi connectivity index (χ0v) is 11.4. The molecule has 0 heterocycles. The summed E-state index contributed by atoms with van der Waals surface area (Å²) in [5, 5.41) is 23.3. The van der Waals surface area contributed by atoms with Gasteiger partial charge in [0.15, 0.2) is 0 Å². The summed E-state index contributed by atoms with van der Waals surface area (Å²) in [6.45, 7) is -0.0873. The molecule has 0 spiro atoms. The summed E-state index contributed by atoms with van der Waals surface area (Å²) >= 11 is 0. The van der Waals surface area contributed by atoms with Crippen molar-refractivity contribution >= 4 is 17.3 Å². The van der Waals surface area contributed by atoms with E-state index in [1.807, 2.05) is 0 Å². The first-order valence-electron chi connectivity index (χ1n) is 6.28. The largest absolute Gasteiger partial charge is 0.394 e. The van der Waals surface area contributed by atoms with Gasteiger partial charge >= 0.3 is 0 Å². The third-order valence-corrected chi connectivity index (χ3v) is 3.40. The maximum atomic E-state index is 11.9. The third kappa shape index (κ3) is 2.72. The van der Waals surface area contributed by atoms with Crippen LogP contribution >= 0.6 is 0 Å². The topological polar surface area (TPSA) is 95.7 Å². The number of nitro benzene ring substituents is 1. The van der Waals surface area contributed by atoms with Crippen molar-refractivity contribution in [1.82, 2.24) is 4.90 Å². The van der Waals surface area contributed by atoms with E-state index >= 15 is 0 Å². The van der Waals surface area contributed by atoms with Crippen LogP contribution < -0.4 is 5.32 Å². The highest BCUT2D eigenvalue weighted by molar-refractivity contribution is 5.95. The molecule has 1 aromatic rings. The fraction of sp³-hybridized carbons (Fsp3) is 0.462. The molecule has 0 aromatic heterocycles. The summed E-state index contributed by atoms with van der Waals surface area (Å²) in [6, 6.07) is 4.22. The van der Waals surface area contributed by atoms with Gasteiger partial charge in [-0.2, -0.15) is 0 Å². The molecule has 1 aromatic carbocycles. The number of carbonyl (C=O) groups excluding carboxylic acids is 1. The Bertz CT molecular complexity index is 553. The van der Waals surface area contributed by atoms with Gasteiger partial charge in [-0.15, -0.1) is 0 Å². The quantitative estimate of drug-likeness (QED) is 0.624. The van der Waals surface area contributed by atoms with Crippen molar-refractivity contribution in [1.29, 1.82) is 0 Å². The zero-order valence-electron chi connectivity index (χ0n) is 11.4. The molecule has 0 atom stereocenters. The second kappa shape index (κ2) is 5.09. The summed E-state index contributed by atoms with van der Waals surface area (Å²) in [5.41, 5.74) is 0.0657. The van der Waals surface area contributed by atoms with Crippen LogP contribution in [0, 0.1) is 10.1 Å². The number of nitrogens with zero attached hydrogens (tertiary/aromatic N) is 2. The highest BCUT2D eigenvalue weighted by Gasteiger charge is 2.43. The number of anilines is 1. The molecule has 1 fully saturated rings. The van der Waals surface area contributed by atoms with E-state index in [0.29, 0.717) is 5.56 Å². The Hall–Kier alpha value is -2.15. The van der Waals surface area contributed by atoms with Crippen molar-refractivity contribution in [2.45, 2.75) is 18.4 Å². The van der Waals surface area contributed by atoms with Gasteiger partial charge in [-0.1, -0.05) is 0 Å². The van der Waals surface area contributed by atoms with Gasteiger partial charge < -0.3 is 15.3 Å². The Labute approximate surface area is 116 Å². The lowest BCUT2D eigenvalue weighted by atomic mass is 10.1. The van der Waals surface area contributed by atoms with E-state index in [1.165, 1.54) is 23.1 Å². The number of aliphatic hydroxyl groups is 1. The molecule has 1 aliphatic carbocycles. The molecular weight excluding hydrogens is 262 g/mol. The van der Waals surface area contributed by atoms with Crippen molar-refractivity contribution < 1.29 is 14.8 Å². The fourth-order valence-electron chi connectivity index (χ4n) is 1.95. The molecule has 108 valence electrons. The monoisotopic (exact) mass is 279 g/mol. The van der Waals surface area contributed by atoms with E-state index in [9.17, 15) is 20.0 Å². The molecule has 2 rings (SSSR count). The summed E-state index contributed by atoms with van der Waals surface area (Å²) in [5.74, 6) is -0.225. The van der Waals surface area contributed by atoms with Crippen molar-refractivity contribution in [3.8, 4) is 0 Å². The molecule has 7 heteroatoms. The van der Waals surface area contributed by atoms with Crippen LogP contribution in [-0.2, 0) is 0 Å². The van der Waals surface area contributed by atoms with E-state index in [-0.39, 0.29) is 23.9 Å². The van der Waals surface area contributed by atoms with Gasteiger partial charge in [0.1, 0.15) is 5.69 Å². The minimum atomic E-state index is -0.500. The molecule has 0 unspecified atom stereocenters. The molecule has 1 aliphatic rings. The van der Waals surface area contributed by atoms with Crippen molar-refractivity contribution in [2.24, 2.45) is 0 Å². The number of carbonyl (C=O) groups is 1. The second-order valence-electron chi connectivity index (χ2n) is 5.25. The van der Waals surface area contributed by atoms with Gasteiger partial charge in [0, 0.05) is 25.7 Å². The van der Waals surface area contributed by atoms with Crippen molar-refractivity contribution in [3.63, 3.8) is 0 Å². The third-order valence-electron chi connectivity index (χ3n) is 3.40. The van der Waals surface area contributed by atoms with Gasteiger partial charge in [-0.25, -0.2) is 0 Å². The van der Waals surface area contributed by atoms with Gasteiger partial charge in [-0.3, -0.25) is 14.9 Å². The first-order chi connectivity index (χ1) is 9.38. The van der Waals surface area contributed by atoms with E-state index in [0.717, 1.165) is 12.8 Å². The van der Waals surface area contributed by atoms with Crippen LogP contribution in [0.2, 0.25) is 0 Å². The number of rotatable bonds is 5. The molecule has 7 nitrogen and oxygen atoms in total. The Morgan fingerprint density at radius 3 is 2.60 bits per heavy atom. The highest BCUT2D eigenvalue weighted by atomic mass is 16.6. The van der Waals surface area contributed by atoms with Crippen LogP contribution in [0.1, 0.15) is 23.2 Å². The van der Waals surface area contributed by atoms with E-state index in [1.54, 1.807) is 14.1 Å². The molecular formula is C13H17N3O4. The van der Waals surface area contributed by atoms with Crippen molar-refractivity contribution in [2.75, 3.05) is 26.0 Å². The van der Waals surface area contributed by atoms with Crippen LogP contribution in [0.3, 0.4) is 0 Å². The molecule has 1 saturated carbocycles. The highest BCUT2D eigenvalue weighted by Crippen LogP contribution is 2.40. The molecule has 1 amide bonds. The molecule has 20 heavy (non-hydrogen) atoms. The maximum absolute atomic E-state index is 11.9. The predicted molar refractivity (Wildman–Crippen MR) is 73.8 cm³/mol. The lowest BCUT2D eigenvalue weighted by molar-refractivity contribution is -0.384. The first kappa shape index (κ1) is 14.3. The zero-order chi connectivity index (χ0) is 14.9. The van der Waals surface area contributed by atoms with Gasteiger partial charge in [0.05, 0.1) is 17.1 Å². The molecule has 0 saturated heterocycles. The molecule has 0 aliphatic heterocycles. The Morgan fingerprint density at radius 2 is 2.15 bits per heavy atom. The van der Waals surface area contributed by atoms with E-state index in [2.05, 4.69) is 5.32 Å². The summed E-state index contributed by atoms with van der Waals surface area (Å²) in [7, 11) is 3.24. The fourth-order valence-corrected chi connectivity index (χ4v) is 1.95. The Balaban J connectivity index is 2.37.